The van der Waals surface area contributed by atoms with Gasteiger partial charge in [0, 0.05) is 19.3 Å². The number of rotatable bonds is 4. The highest BCUT2D eigenvalue weighted by molar-refractivity contribution is 5.92. The number of anilines is 2. The van der Waals surface area contributed by atoms with Crippen molar-refractivity contribution in [3.8, 4) is 0 Å². The Bertz CT molecular complexity index is 481. The number of nitrogens with zero attached hydrogens (tertiary/aromatic N) is 1. The molecule has 110 valence electrons. The number of carbonyl (C=O) groups is 1. The molecule has 20 heavy (non-hydrogen) atoms. The molecule has 1 amide bonds. The third-order valence-electron chi connectivity index (χ3n) is 3.44. The molecule has 1 atom stereocenters. The van der Waals surface area contributed by atoms with Crippen LogP contribution in [-0.2, 0) is 9.53 Å². The maximum Gasteiger partial charge on any atom is 0.238 e. The smallest absolute Gasteiger partial charge is 0.238 e. The molecule has 1 aliphatic rings. The Hall–Kier alpha value is -1.66. The van der Waals surface area contributed by atoms with E-state index in [0.717, 1.165) is 25.9 Å². The van der Waals surface area contributed by atoms with Crippen molar-refractivity contribution in [1.82, 2.24) is 4.90 Å². The van der Waals surface area contributed by atoms with E-state index in [9.17, 15) is 9.18 Å². The summed E-state index contributed by atoms with van der Waals surface area (Å²) in [6, 6.07) is 4.16. The molecular formula is C14H20FN3O2. The molecule has 1 aromatic carbocycles. The number of nitrogen functional groups attached to an aromatic ring is 1. The second-order valence-corrected chi connectivity index (χ2v) is 5.02. The van der Waals surface area contributed by atoms with E-state index in [1.165, 1.54) is 18.2 Å². The van der Waals surface area contributed by atoms with Crippen molar-refractivity contribution in [3.05, 3.63) is 24.0 Å². The van der Waals surface area contributed by atoms with Crippen molar-refractivity contribution in [1.29, 1.82) is 0 Å². The Morgan fingerprint density at radius 1 is 1.60 bits per heavy atom. The molecule has 1 aromatic rings. The van der Waals surface area contributed by atoms with Crippen molar-refractivity contribution in [2.75, 3.05) is 37.8 Å². The molecule has 0 aliphatic carbocycles. The second kappa shape index (κ2) is 6.67. The van der Waals surface area contributed by atoms with Crippen LogP contribution in [0.5, 0.6) is 0 Å². The molecule has 1 aliphatic heterocycles. The summed E-state index contributed by atoms with van der Waals surface area (Å²) in [7, 11) is 1.69. The highest BCUT2D eigenvalue weighted by Gasteiger charge is 2.21. The highest BCUT2D eigenvalue weighted by Crippen LogP contribution is 2.17. The molecule has 3 N–H and O–H groups in total. The molecule has 5 nitrogen and oxygen atoms in total. The fourth-order valence-corrected chi connectivity index (χ4v) is 2.37. The fourth-order valence-electron chi connectivity index (χ4n) is 2.37. The van der Waals surface area contributed by atoms with E-state index in [1.807, 2.05) is 0 Å². The lowest BCUT2D eigenvalue weighted by atomic mass is 10.1. The van der Waals surface area contributed by atoms with Gasteiger partial charge >= 0.3 is 0 Å². The summed E-state index contributed by atoms with van der Waals surface area (Å²) in [6.07, 6.45) is 2.25. The average molecular weight is 281 g/mol. The number of methoxy groups -OCH3 is 1. The van der Waals surface area contributed by atoms with E-state index >= 15 is 0 Å². The van der Waals surface area contributed by atoms with Crippen LogP contribution in [0.2, 0.25) is 0 Å². The van der Waals surface area contributed by atoms with Gasteiger partial charge in [-0.05, 0) is 37.6 Å². The normalized spacial score (nSPS) is 19.8. The van der Waals surface area contributed by atoms with E-state index in [-0.39, 0.29) is 17.7 Å². The van der Waals surface area contributed by atoms with Crippen LogP contribution >= 0.6 is 0 Å². The molecule has 0 saturated carbocycles. The molecule has 0 radical (unpaired) electrons. The van der Waals surface area contributed by atoms with Gasteiger partial charge in [0.05, 0.1) is 18.3 Å². The maximum atomic E-state index is 13.0. The first-order chi connectivity index (χ1) is 9.58. The molecule has 1 fully saturated rings. The number of amides is 1. The Morgan fingerprint density at radius 2 is 2.40 bits per heavy atom. The van der Waals surface area contributed by atoms with Gasteiger partial charge in [-0.3, -0.25) is 9.69 Å². The number of ether oxygens (including phenoxy) is 1. The number of carbonyl (C=O) groups excluding carboxylic acids is 1. The number of hydrogen-bond donors (Lipinski definition) is 2. The van der Waals surface area contributed by atoms with Crippen LogP contribution in [0.3, 0.4) is 0 Å². The number of hydrogen-bond acceptors (Lipinski definition) is 4. The number of piperidine rings is 1. The van der Waals surface area contributed by atoms with Gasteiger partial charge in [0.2, 0.25) is 5.91 Å². The fraction of sp³-hybridized carbons (Fsp3) is 0.500. The molecule has 1 unspecified atom stereocenters. The van der Waals surface area contributed by atoms with Gasteiger partial charge in [0.25, 0.3) is 0 Å². The molecule has 1 heterocycles. The monoisotopic (exact) mass is 281 g/mol. The summed E-state index contributed by atoms with van der Waals surface area (Å²) in [5.41, 5.74) is 6.00. The predicted molar refractivity (Wildman–Crippen MR) is 75.9 cm³/mol. The largest absolute Gasteiger partial charge is 0.396 e. The number of likely N-dealkylation sites (tertiary alicyclic amines) is 1. The SMILES string of the molecule is COC1CCCN(CC(=O)Nc2ccc(F)c(N)c2)C1. The lowest BCUT2D eigenvalue weighted by Gasteiger charge is -2.31. The van der Waals surface area contributed by atoms with Gasteiger partial charge in [-0.25, -0.2) is 4.39 Å². The summed E-state index contributed by atoms with van der Waals surface area (Å²) in [5, 5.41) is 2.72. The van der Waals surface area contributed by atoms with Crippen molar-refractivity contribution in [3.63, 3.8) is 0 Å². The summed E-state index contributed by atoms with van der Waals surface area (Å²) >= 11 is 0. The van der Waals surface area contributed by atoms with Crippen LogP contribution in [0, 0.1) is 5.82 Å². The molecular weight excluding hydrogens is 261 g/mol. The van der Waals surface area contributed by atoms with Crippen molar-refractivity contribution in [2.45, 2.75) is 18.9 Å². The van der Waals surface area contributed by atoms with Crippen LogP contribution in [0.25, 0.3) is 0 Å². The van der Waals surface area contributed by atoms with E-state index in [1.54, 1.807) is 7.11 Å². The quantitative estimate of drug-likeness (QED) is 0.820. The van der Waals surface area contributed by atoms with Crippen molar-refractivity contribution < 1.29 is 13.9 Å². The minimum atomic E-state index is -0.484. The van der Waals surface area contributed by atoms with E-state index < -0.39 is 5.82 Å². The second-order valence-electron chi connectivity index (χ2n) is 5.02. The van der Waals surface area contributed by atoms with Gasteiger partial charge in [0.15, 0.2) is 0 Å². The van der Waals surface area contributed by atoms with Crippen LogP contribution in [-0.4, -0.2) is 43.7 Å². The van der Waals surface area contributed by atoms with Crippen molar-refractivity contribution >= 4 is 17.3 Å². The van der Waals surface area contributed by atoms with Gasteiger partial charge < -0.3 is 15.8 Å². The maximum absolute atomic E-state index is 13.0. The molecule has 6 heteroatoms. The molecule has 2 rings (SSSR count). The Balaban J connectivity index is 1.87. The number of nitrogens with one attached hydrogen (secondary N) is 1. The predicted octanol–water partition coefficient (Wildman–Crippen LogP) is 1.46. The third kappa shape index (κ3) is 3.91. The van der Waals surface area contributed by atoms with Gasteiger partial charge in [-0.1, -0.05) is 0 Å². The summed E-state index contributed by atoms with van der Waals surface area (Å²) in [5.74, 6) is -0.616. The first kappa shape index (κ1) is 14.7. The van der Waals surface area contributed by atoms with Crippen molar-refractivity contribution in [2.24, 2.45) is 0 Å². The van der Waals surface area contributed by atoms with E-state index in [2.05, 4.69) is 10.2 Å². The van der Waals surface area contributed by atoms with Gasteiger partial charge in [0.1, 0.15) is 5.82 Å². The minimum Gasteiger partial charge on any atom is -0.396 e. The number of nitrogens with two attached hydrogens (primary N) is 1. The van der Waals surface area contributed by atoms with Crippen LogP contribution in [0.4, 0.5) is 15.8 Å². The first-order valence-electron chi connectivity index (χ1n) is 6.68. The Morgan fingerprint density at radius 3 is 3.10 bits per heavy atom. The topological polar surface area (TPSA) is 67.6 Å². The highest BCUT2D eigenvalue weighted by atomic mass is 19.1. The lowest BCUT2D eigenvalue weighted by Crippen LogP contribution is -2.43. The summed E-state index contributed by atoms with van der Waals surface area (Å²) in [4.78, 5) is 14.0. The molecule has 0 aromatic heterocycles. The third-order valence-corrected chi connectivity index (χ3v) is 3.44. The molecule has 1 saturated heterocycles. The average Bonchev–Trinajstić information content (AvgIpc) is 2.43. The van der Waals surface area contributed by atoms with Gasteiger partial charge in [-0.15, -0.1) is 0 Å². The van der Waals surface area contributed by atoms with Crippen LogP contribution in [0.1, 0.15) is 12.8 Å². The zero-order chi connectivity index (χ0) is 14.5. The zero-order valence-electron chi connectivity index (χ0n) is 11.6. The van der Waals surface area contributed by atoms with Gasteiger partial charge in [-0.2, -0.15) is 0 Å². The molecule has 0 bridgehead atoms. The summed E-state index contributed by atoms with van der Waals surface area (Å²) in [6.45, 7) is 1.95. The number of benzene rings is 1. The Labute approximate surface area is 117 Å². The first-order valence-corrected chi connectivity index (χ1v) is 6.68. The zero-order valence-corrected chi connectivity index (χ0v) is 11.6. The molecule has 0 spiro atoms. The van der Waals surface area contributed by atoms with Crippen LogP contribution < -0.4 is 11.1 Å². The standard InChI is InChI=1S/C14H20FN3O2/c1-20-11-3-2-6-18(8-11)9-14(19)17-10-4-5-12(15)13(16)7-10/h4-5,7,11H,2-3,6,8-9,16H2,1H3,(H,17,19). The van der Waals surface area contributed by atoms with E-state index in [0.29, 0.717) is 12.2 Å². The van der Waals surface area contributed by atoms with Crippen LogP contribution in [0.15, 0.2) is 18.2 Å². The summed E-state index contributed by atoms with van der Waals surface area (Å²) < 4.78 is 18.3. The number of halogens is 1. The Kier molecular flexibility index (Phi) is 4.92. The van der Waals surface area contributed by atoms with E-state index in [4.69, 9.17) is 10.5 Å². The minimum absolute atomic E-state index is 0.0280. The lowest BCUT2D eigenvalue weighted by molar-refractivity contribution is -0.118.